The summed E-state index contributed by atoms with van der Waals surface area (Å²) in [6, 6.07) is 0. The molecule has 3 heteroatoms. The Morgan fingerprint density at radius 2 is 2.27 bits per heavy atom. The summed E-state index contributed by atoms with van der Waals surface area (Å²) in [5.74, 6) is -0.329. The number of allylic oxidation sites excluding steroid dienone is 2. The fourth-order valence-corrected chi connectivity index (χ4v) is 0.650. The van der Waals surface area contributed by atoms with Gasteiger partial charge < -0.3 is 0 Å². The second-order valence-corrected chi connectivity index (χ2v) is 2.48. The third kappa shape index (κ3) is 5.61. The zero-order valence-electron chi connectivity index (χ0n) is 7.05. The Morgan fingerprint density at radius 1 is 1.64 bits per heavy atom. The average molecular weight is 157 g/mol. The van der Waals surface area contributed by atoms with E-state index in [1.807, 2.05) is 13.0 Å². The minimum Gasteiger partial charge on any atom is -0.289 e. The van der Waals surface area contributed by atoms with Gasteiger partial charge in [0.1, 0.15) is 0 Å². The normalized spacial score (nSPS) is 11.4. The van der Waals surface area contributed by atoms with E-state index in [0.29, 0.717) is 12.8 Å². The topological polar surface area (TPSA) is 49.3 Å². The summed E-state index contributed by atoms with van der Waals surface area (Å²) < 4.78 is 0. The smallest absolute Gasteiger partial charge is 0.243 e. The van der Waals surface area contributed by atoms with Crippen LogP contribution in [0.3, 0.4) is 0 Å². The van der Waals surface area contributed by atoms with Crippen LogP contribution in [0.25, 0.3) is 0 Å². The summed E-state index contributed by atoms with van der Waals surface area (Å²) in [6.45, 7) is 4.09. The van der Waals surface area contributed by atoms with Gasteiger partial charge in [0.15, 0.2) is 0 Å². The Balaban J connectivity index is 3.48. The maximum atomic E-state index is 10.5. The lowest BCUT2D eigenvalue weighted by molar-refractivity contribution is -0.129. The predicted octanol–water partition coefficient (Wildman–Crippen LogP) is 1.63. The molecule has 2 N–H and O–H groups in total. The lowest BCUT2D eigenvalue weighted by atomic mass is 10.2. The minimum absolute atomic E-state index is 0.329. The third-order valence-electron chi connectivity index (χ3n) is 1.55. The highest BCUT2D eigenvalue weighted by Gasteiger charge is 1.95. The molecule has 0 atom stereocenters. The van der Waals surface area contributed by atoms with Crippen LogP contribution in [-0.4, -0.2) is 11.1 Å². The molecule has 1 amide bonds. The molecule has 0 spiro atoms. The van der Waals surface area contributed by atoms with Crippen LogP contribution in [0.2, 0.25) is 0 Å². The predicted molar refractivity (Wildman–Crippen MR) is 43.2 cm³/mol. The van der Waals surface area contributed by atoms with E-state index in [1.165, 1.54) is 5.57 Å². The fourth-order valence-electron chi connectivity index (χ4n) is 0.650. The van der Waals surface area contributed by atoms with Crippen molar-refractivity contribution >= 4 is 5.91 Å². The Hall–Kier alpha value is -0.830. The Labute approximate surface area is 67.1 Å². The van der Waals surface area contributed by atoms with Crippen molar-refractivity contribution in [1.29, 1.82) is 0 Å². The van der Waals surface area contributed by atoms with Crippen LogP contribution in [0.15, 0.2) is 11.6 Å². The zero-order valence-corrected chi connectivity index (χ0v) is 7.05. The van der Waals surface area contributed by atoms with Gasteiger partial charge in [-0.25, -0.2) is 5.48 Å². The molecule has 3 nitrogen and oxygen atoms in total. The molecular weight excluding hydrogens is 142 g/mol. The van der Waals surface area contributed by atoms with E-state index in [-0.39, 0.29) is 5.91 Å². The van der Waals surface area contributed by atoms with E-state index in [4.69, 9.17) is 5.21 Å². The molecule has 0 aromatic carbocycles. The molecule has 0 aliphatic carbocycles. The van der Waals surface area contributed by atoms with Crippen molar-refractivity contribution in [1.82, 2.24) is 5.48 Å². The van der Waals surface area contributed by atoms with Gasteiger partial charge in [-0.05, 0) is 19.8 Å². The van der Waals surface area contributed by atoms with Crippen molar-refractivity contribution in [3.8, 4) is 0 Å². The Bertz CT molecular complexity index is 152. The van der Waals surface area contributed by atoms with Gasteiger partial charge in [0, 0.05) is 6.42 Å². The SMILES string of the molecule is CC/C(C)=C\CCC(=O)NO. The maximum Gasteiger partial charge on any atom is 0.243 e. The summed E-state index contributed by atoms with van der Waals surface area (Å²) in [5.41, 5.74) is 2.86. The highest BCUT2D eigenvalue weighted by atomic mass is 16.5. The Morgan fingerprint density at radius 3 is 2.73 bits per heavy atom. The van der Waals surface area contributed by atoms with Crippen LogP contribution >= 0.6 is 0 Å². The van der Waals surface area contributed by atoms with Crippen molar-refractivity contribution in [3.63, 3.8) is 0 Å². The molecule has 0 bridgehead atoms. The molecule has 0 rings (SSSR count). The van der Waals surface area contributed by atoms with E-state index < -0.39 is 0 Å². The number of hydrogen-bond donors (Lipinski definition) is 2. The van der Waals surface area contributed by atoms with Crippen LogP contribution in [0.1, 0.15) is 33.1 Å². The van der Waals surface area contributed by atoms with Crippen LogP contribution < -0.4 is 5.48 Å². The molecule has 0 unspecified atom stereocenters. The van der Waals surface area contributed by atoms with Crippen molar-refractivity contribution in [2.75, 3.05) is 0 Å². The van der Waals surface area contributed by atoms with Crippen LogP contribution in [0.5, 0.6) is 0 Å². The lowest BCUT2D eigenvalue weighted by Gasteiger charge is -1.95. The lowest BCUT2D eigenvalue weighted by Crippen LogP contribution is -2.17. The number of hydrogen-bond acceptors (Lipinski definition) is 2. The van der Waals surface area contributed by atoms with Crippen molar-refractivity contribution in [3.05, 3.63) is 11.6 Å². The van der Waals surface area contributed by atoms with Gasteiger partial charge >= 0.3 is 0 Å². The van der Waals surface area contributed by atoms with E-state index in [2.05, 4.69) is 6.92 Å². The molecule has 0 radical (unpaired) electrons. The van der Waals surface area contributed by atoms with Crippen LogP contribution in [0.4, 0.5) is 0 Å². The van der Waals surface area contributed by atoms with Crippen molar-refractivity contribution in [2.24, 2.45) is 0 Å². The number of carbonyl (C=O) groups excluding carboxylic acids is 1. The number of nitrogens with one attached hydrogen (secondary N) is 1. The number of amides is 1. The summed E-state index contributed by atoms with van der Waals surface area (Å²) in [5, 5.41) is 8.14. The fraction of sp³-hybridized carbons (Fsp3) is 0.625. The first-order valence-electron chi connectivity index (χ1n) is 3.79. The monoisotopic (exact) mass is 157 g/mol. The van der Waals surface area contributed by atoms with Gasteiger partial charge in [-0.2, -0.15) is 0 Å². The van der Waals surface area contributed by atoms with Gasteiger partial charge in [-0.1, -0.05) is 18.6 Å². The van der Waals surface area contributed by atoms with Crippen molar-refractivity contribution in [2.45, 2.75) is 33.1 Å². The number of carbonyl (C=O) groups is 1. The quantitative estimate of drug-likeness (QED) is 0.370. The molecule has 0 fully saturated rings. The van der Waals surface area contributed by atoms with Crippen LogP contribution in [-0.2, 0) is 4.79 Å². The van der Waals surface area contributed by atoms with Gasteiger partial charge in [0.2, 0.25) is 5.91 Å². The number of rotatable bonds is 4. The molecule has 0 aromatic rings. The third-order valence-corrected chi connectivity index (χ3v) is 1.55. The molecule has 11 heavy (non-hydrogen) atoms. The first kappa shape index (κ1) is 10.2. The minimum atomic E-state index is -0.329. The summed E-state index contributed by atoms with van der Waals surface area (Å²) in [6.07, 6.45) is 4.08. The van der Waals surface area contributed by atoms with Crippen LogP contribution in [0, 0.1) is 0 Å². The zero-order chi connectivity index (χ0) is 8.69. The van der Waals surface area contributed by atoms with E-state index >= 15 is 0 Å². The first-order valence-corrected chi connectivity index (χ1v) is 3.79. The second kappa shape index (κ2) is 5.92. The van der Waals surface area contributed by atoms with Crippen molar-refractivity contribution < 1.29 is 10.0 Å². The molecule has 64 valence electrons. The summed E-state index contributed by atoms with van der Waals surface area (Å²) in [4.78, 5) is 10.5. The average Bonchev–Trinajstić information content (AvgIpc) is 2.04. The maximum absolute atomic E-state index is 10.5. The van der Waals surface area contributed by atoms with E-state index in [0.717, 1.165) is 6.42 Å². The highest BCUT2D eigenvalue weighted by molar-refractivity contribution is 5.74. The molecule has 0 saturated heterocycles. The van der Waals surface area contributed by atoms with Gasteiger partial charge in [0.05, 0.1) is 0 Å². The van der Waals surface area contributed by atoms with E-state index in [1.54, 1.807) is 5.48 Å². The van der Waals surface area contributed by atoms with Gasteiger partial charge in [0.25, 0.3) is 0 Å². The standard InChI is InChI=1S/C8H15NO2/c1-3-7(2)5-4-6-8(10)9-11/h5,11H,3-4,6H2,1-2H3,(H,9,10)/b7-5-. The molecule has 0 saturated carbocycles. The molecule has 0 heterocycles. The Kier molecular flexibility index (Phi) is 5.47. The largest absolute Gasteiger partial charge is 0.289 e. The second-order valence-electron chi connectivity index (χ2n) is 2.48. The van der Waals surface area contributed by atoms with E-state index in [9.17, 15) is 4.79 Å². The molecule has 0 aromatic heterocycles. The molecular formula is C8H15NO2. The number of hydroxylamine groups is 1. The highest BCUT2D eigenvalue weighted by Crippen LogP contribution is 2.01. The van der Waals surface area contributed by atoms with Gasteiger partial charge in [-0.15, -0.1) is 0 Å². The molecule has 0 aliphatic heterocycles. The summed E-state index contributed by atoms with van der Waals surface area (Å²) >= 11 is 0. The first-order chi connectivity index (χ1) is 5.20. The van der Waals surface area contributed by atoms with Gasteiger partial charge in [-0.3, -0.25) is 10.0 Å². The summed E-state index contributed by atoms with van der Waals surface area (Å²) in [7, 11) is 0. The molecule has 0 aliphatic rings.